The zero-order chi connectivity index (χ0) is 8.97. The van der Waals surface area contributed by atoms with E-state index in [1.807, 2.05) is 25.0 Å². The van der Waals surface area contributed by atoms with Gasteiger partial charge in [-0.3, -0.25) is 0 Å². The fourth-order valence-corrected chi connectivity index (χ4v) is 1.69. The summed E-state index contributed by atoms with van der Waals surface area (Å²) in [5.41, 5.74) is 6.59. The van der Waals surface area contributed by atoms with Crippen LogP contribution in [0.4, 0.5) is 0 Å². The van der Waals surface area contributed by atoms with Crippen LogP contribution < -0.4 is 5.73 Å². The minimum Gasteiger partial charge on any atom is -0.335 e. The number of aromatic nitrogens is 2. The summed E-state index contributed by atoms with van der Waals surface area (Å²) in [7, 11) is 2.04. The van der Waals surface area contributed by atoms with Crippen LogP contribution in [0.5, 0.6) is 0 Å². The molecule has 0 amide bonds. The van der Waals surface area contributed by atoms with Gasteiger partial charge in [0.2, 0.25) is 0 Å². The molecule has 1 aromatic heterocycles. The fraction of sp³-hybridized carbons (Fsp3) is 0.625. The second-order valence-corrected chi connectivity index (χ2v) is 3.82. The molecule has 0 spiro atoms. The molecule has 0 aliphatic heterocycles. The van der Waals surface area contributed by atoms with E-state index in [1.54, 1.807) is 0 Å². The quantitative estimate of drug-likeness (QED) is 0.709. The number of aryl methyl sites for hydroxylation is 1. The van der Waals surface area contributed by atoms with Gasteiger partial charge < -0.3 is 10.3 Å². The van der Waals surface area contributed by atoms with Crippen molar-refractivity contribution in [3.8, 4) is 0 Å². The lowest BCUT2D eigenvalue weighted by atomic mass is 10.5. The number of hydrogen-bond donors (Lipinski definition) is 1. The molecule has 1 aromatic rings. The molecule has 0 fully saturated rings. The highest BCUT2D eigenvalue weighted by atomic mass is 32.2. The molecule has 2 N–H and O–H groups in total. The number of rotatable bonds is 4. The Balaban J connectivity index is 2.46. The molecule has 4 heteroatoms. The van der Waals surface area contributed by atoms with Gasteiger partial charge in [-0.2, -0.15) is 11.8 Å². The van der Waals surface area contributed by atoms with Crippen LogP contribution in [0.2, 0.25) is 0 Å². The maximum absolute atomic E-state index is 5.39. The standard InChI is InChI=1S/C8H15N3S/c1-7-5-10-8(11(7)2)6-12-4-3-9/h5H,3-4,6,9H2,1-2H3. The van der Waals surface area contributed by atoms with Crippen LogP contribution in [-0.4, -0.2) is 21.8 Å². The number of thioether (sulfide) groups is 1. The monoisotopic (exact) mass is 185 g/mol. The predicted molar refractivity (Wildman–Crippen MR) is 53.2 cm³/mol. The van der Waals surface area contributed by atoms with Gasteiger partial charge in [-0.15, -0.1) is 0 Å². The molecule has 68 valence electrons. The Hall–Kier alpha value is -0.480. The molecule has 3 nitrogen and oxygen atoms in total. The van der Waals surface area contributed by atoms with Crippen molar-refractivity contribution in [1.29, 1.82) is 0 Å². The maximum Gasteiger partial charge on any atom is 0.118 e. The summed E-state index contributed by atoms with van der Waals surface area (Å²) in [4.78, 5) is 4.29. The Kier molecular flexibility index (Phi) is 3.62. The zero-order valence-electron chi connectivity index (χ0n) is 7.58. The molecule has 0 aromatic carbocycles. The van der Waals surface area contributed by atoms with Crippen molar-refractivity contribution < 1.29 is 0 Å². The van der Waals surface area contributed by atoms with E-state index in [2.05, 4.69) is 16.5 Å². The van der Waals surface area contributed by atoms with Crippen molar-refractivity contribution in [2.45, 2.75) is 12.7 Å². The third-order valence-electron chi connectivity index (χ3n) is 1.81. The van der Waals surface area contributed by atoms with Gasteiger partial charge in [0.15, 0.2) is 0 Å². The van der Waals surface area contributed by atoms with Crippen LogP contribution in [0.15, 0.2) is 6.20 Å². The first kappa shape index (κ1) is 9.61. The molecule has 0 bridgehead atoms. The van der Waals surface area contributed by atoms with Crippen molar-refractivity contribution in [2.24, 2.45) is 12.8 Å². The summed E-state index contributed by atoms with van der Waals surface area (Å²) >= 11 is 1.83. The van der Waals surface area contributed by atoms with Crippen molar-refractivity contribution in [2.75, 3.05) is 12.3 Å². The van der Waals surface area contributed by atoms with Crippen LogP contribution in [0.1, 0.15) is 11.5 Å². The van der Waals surface area contributed by atoms with Gasteiger partial charge in [0, 0.05) is 31.2 Å². The van der Waals surface area contributed by atoms with Gasteiger partial charge in [0.1, 0.15) is 5.82 Å². The van der Waals surface area contributed by atoms with E-state index in [0.29, 0.717) is 0 Å². The highest BCUT2D eigenvalue weighted by Crippen LogP contribution is 2.10. The first-order chi connectivity index (χ1) is 5.75. The molecule has 0 unspecified atom stereocenters. The van der Waals surface area contributed by atoms with E-state index in [-0.39, 0.29) is 0 Å². The second kappa shape index (κ2) is 4.52. The normalized spacial score (nSPS) is 10.6. The lowest BCUT2D eigenvalue weighted by Gasteiger charge is -2.01. The molecule has 0 saturated heterocycles. The maximum atomic E-state index is 5.39. The third-order valence-corrected chi connectivity index (χ3v) is 2.80. The lowest BCUT2D eigenvalue weighted by Crippen LogP contribution is -2.03. The Bertz CT molecular complexity index is 244. The van der Waals surface area contributed by atoms with E-state index in [0.717, 1.165) is 23.9 Å². The smallest absolute Gasteiger partial charge is 0.118 e. The van der Waals surface area contributed by atoms with Gasteiger partial charge >= 0.3 is 0 Å². The number of nitrogens with two attached hydrogens (primary N) is 1. The van der Waals surface area contributed by atoms with Crippen LogP contribution in [-0.2, 0) is 12.8 Å². The summed E-state index contributed by atoms with van der Waals surface area (Å²) in [5.74, 6) is 3.10. The molecule has 0 aliphatic rings. The molecule has 12 heavy (non-hydrogen) atoms. The molecular weight excluding hydrogens is 170 g/mol. The molecule has 0 aliphatic carbocycles. The third kappa shape index (κ3) is 2.25. The van der Waals surface area contributed by atoms with E-state index >= 15 is 0 Å². The first-order valence-electron chi connectivity index (χ1n) is 4.00. The summed E-state index contributed by atoms with van der Waals surface area (Å²) in [6.45, 7) is 2.80. The topological polar surface area (TPSA) is 43.8 Å². The number of nitrogens with zero attached hydrogens (tertiary/aromatic N) is 2. The number of hydrogen-bond acceptors (Lipinski definition) is 3. The van der Waals surface area contributed by atoms with Gasteiger partial charge in [0.05, 0.1) is 5.75 Å². The predicted octanol–water partition coefficient (Wildman–Crippen LogP) is 0.920. The van der Waals surface area contributed by atoms with Crippen LogP contribution in [0.25, 0.3) is 0 Å². The van der Waals surface area contributed by atoms with Crippen LogP contribution in [0.3, 0.4) is 0 Å². The van der Waals surface area contributed by atoms with Crippen molar-refractivity contribution in [3.63, 3.8) is 0 Å². The van der Waals surface area contributed by atoms with E-state index in [9.17, 15) is 0 Å². The first-order valence-corrected chi connectivity index (χ1v) is 5.16. The highest BCUT2D eigenvalue weighted by molar-refractivity contribution is 7.98. The summed E-state index contributed by atoms with van der Waals surface area (Å²) < 4.78 is 2.11. The fourth-order valence-electron chi connectivity index (χ4n) is 0.926. The molecule has 1 rings (SSSR count). The largest absolute Gasteiger partial charge is 0.335 e. The minimum atomic E-state index is 0.744. The SMILES string of the molecule is Cc1cnc(CSCCN)n1C. The van der Waals surface area contributed by atoms with Gasteiger partial charge in [-0.05, 0) is 6.92 Å². The van der Waals surface area contributed by atoms with Gasteiger partial charge in [0.25, 0.3) is 0 Å². The Morgan fingerprint density at radius 3 is 2.92 bits per heavy atom. The van der Waals surface area contributed by atoms with E-state index < -0.39 is 0 Å². The molecule has 0 atom stereocenters. The van der Waals surface area contributed by atoms with Crippen molar-refractivity contribution in [3.05, 3.63) is 17.7 Å². The van der Waals surface area contributed by atoms with Crippen LogP contribution >= 0.6 is 11.8 Å². The summed E-state index contributed by atoms with van der Waals surface area (Å²) in [5, 5.41) is 0. The Labute approximate surface area is 77.4 Å². The molecular formula is C8H15N3S. The Morgan fingerprint density at radius 2 is 2.42 bits per heavy atom. The minimum absolute atomic E-state index is 0.744. The second-order valence-electron chi connectivity index (χ2n) is 2.72. The average molecular weight is 185 g/mol. The molecule has 1 heterocycles. The molecule has 0 radical (unpaired) electrons. The van der Waals surface area contributed by atoms with Crippen molar-refractivity contribution >= 4 is 11.8 Å². The van der Waals surface area contributed by atoms with E-state index in [1.165, 1.54) is 5.69 Å². The lowest BCUT2D eigenvalue weighted by molar-refractivity contribution is 0.820. The summed E-state index contributed by atoms with van der Waals surface area (Å²) in [6.07, 6.45) is 1.90. The van der Waals surface area contributed by atoms with Crippen LogP contribution in [0, 0.1) is 6.92 Å². The van der Waals surface area contributed by atoms with Gasteiger partial charge in [-0.1, -0.05) is 0 Å². The molecule has 0 saturated carbocycles. The summed E-state index contributed by atoms with van der Waals surface area (Å²) in [6, 6.07) is 0. The highest BCUT2D eigenvalue weighted by Gasteiger charge is 2.01. The average Bonchev–Trinajstić information content (AvgIpc) is 2.36. The van der Waals surface area contributed by atoms with Crippen molar-refractivity contribution in [1.82, 2.24) is 9.55 Å². The Morgan fingerprint density at radius 1 is 1.67 bits per heavy atom. The van der Waals surface area contributed by atoms with Gasteiger partial charge in [-0.25, -0.2) is 4.98 Å². The number of imidazole rings is 1. The van der Waals surface area contributed by atoms with E-state index in [4.69, 9.17) is 5.73 Å². The zero-order valence-corrected chi connectivity index (χ0v) is 8.40.